The molecule has 1 aromatic carbocycles. The van der Waals surface area contributed by atoms with Gasteiger partial charge in [-0.15, -0.1) is 11.3 Å². The lowest BCUT2D eigenvalue weighted by Gasteiger charge is -2.28. The summed E-state index contributed by atoms with van der Waals surface area (Å²) in [7, 11) is 0. The number of rotatable bonds is 3. The van der Waals surface area contributed by atoms with Crippen molar-refractivity contribution in [3.8, 4) is 0 Å². The summed E-state index contributed by atoms with van der Waals surface area (Å²) in [5, 5.41) is 5.56. The molecule has 7 nitrogen and oxygen atoms in total. The van der Waals surface area contributed by atoms with Gasteiger partial charge in [0.1, 0.15) is 6.04 Å². The fourth-order valence-electron chi connectivity index (χ4n) is 2.92. The van der Waals surface area contributed by atoms with E-state index in [9.17, 15) is 9.59 Å². The van der Waals surface area contributed by atoms with Gasteiger partial charge < -0.3 is 15.0 Å². The summed E-state index contributed by atoms with van der Waals surface area (Å²) in [5.74, 6) is -0.470. The number of nitrogens with zero attached hydrogens (tertiary/aromatic N) is 3. The van der Waals surface area contributed by atoms with Crippen molar-refractivity contribution in [2.45, 2.75) is 6.04 Å². The molecule has 2 amide bonds. The van der Waals surface area contributed by atoms with Gasteiger partial charge in [-0.05, 0) is 30.4 Å². The number of hydrogen-bond acceptors (Lipinski definition) is 6. The summed E-state index contributed by atoms with van der Waals surface area (Å²) >= 11 is 13.1. The number of anilines is 2. The lowest BCUT2D eigenvalue weighted by atomic mass is 10.2. The van der Waals surface area contributed by atoms with E-state index in [0.29, 0.717) is 46.3 Å². The lowest BCUT2D eigenvalue weighted by Crippen LogP contribution is -2.44. The Morgan fingerprint density at radius 3 is 3.00 bits per heavy atom. The van der Waals surface area contributed by atoms with Crippen LogP contribution in [-0.4, -0.2) is 52.6 Å². The van der Waals surface area contributed by atoms with E-state index in [2.05, 4.69) is 10.3 Å². The highest BCUT2D eigenvalue weighted by Crippen LogP contribution is 2.34. The van der Waals surface area contributed by atoms with E-state index in [-0.39, 0.29) is 11.8 Å². The average Bonchev–Trinajstić information content (AvgIpc) is 3.25. The maximum atomic E-state index is 12.7. The zero-order chi connectivity index (χ0) is 18.3. The van der Waals surface area contributed by atoms with Crippen LogP contribution in [0.2, 0.25) is 5.02 Å². The number of fused-ring (bicyclic) bond motifs is 1. The summed E-state index contributed by atoms with van der Waals surface area (Å²) < 4.78 is 5.38. The Kier molecular flexibility index (Phi) is 4.62. The molecule has 0 bridgehead atoms. The largest absolute Gasteiger partial charge is 0.377 e. The Bertz CT molecular complexity index is 866. The Morgan fingerprint density at radius 2 is 2.31 bits per heavy atom. The van der Waals surface area contributed by atoms with Gasteiger partial charge in [-0.3, -0.25) is 14.5 Å². The van der Waals surface area contributed by atoms with E-state index < -0.39 is 6.04 Å². The highest BCUT2D eigenvalue weighted by Gasteiger charge is 2.45. The van der Waals surface area contributed by atoms with E-state index in [0.717, 1.165) is 0 Å². The first-order chi connectivity index (χ1) is 12.6. The fourth-order valence-corrected chi connectivity index (χ4v) is 4.12. The lowest BCUT2D eigenvalue weighted by molar-refractivity contribution is -0.123. The van der Waals surface area contributed by atoms with Crippen LogP contribution in [0.1, 0.15) is 9.80 Å². The number of benzene rings is 1. The summed E-state index contributed by atoms with van der Waals surface area (Å²) in [6.45, 7) is 1.42. The second-order valence-corrected chi connectivity index (χ2v) is 7.36. The molecule has 1 atom stereocenters. The molecule has 0 saturated carbocycles. The Morgan fingerprint density at radius 1 is 1.46 bits per heavy atom. The number of carbonyl (C=O) groups excluding carboxylic acids is 2. The van der Waals surface area contributed by atoms with Crippen LogP contribution >= 0.6 is 35.2 Å². The molecule has 0 aliphatic carbocycles. The predicted octanol–water partition coefficient (Wildman–Crippen LogP) is 2.38. The van der Waals surface area contributed by atoms with Crippen LogP contribution in [0.5, 0.6) is 0 Å². The molecule has 3 heterocycles. The van der Waals surface area contributed by atoms with E-state index in [1.165, 1.54) is 16.2 Å². The van der Waals surface area contributed by atoms with Gasteiger partial charge in [-0.1, -0.05) is 11.6 Å². The van der Waals surface area contributed by atoms with E-state index in [4.69, 9.17) is 28.6 Å². The number of thiazole rings is 1. The second kappa shape index (κ2) is 6.92. The molecule has 26 heavy (non-hydrogen) atoms. The molecule has 2 fully saturated rings. The predicted molar refractivity (Wildman–Crippen MR) is 103 cm³/mol. The number of ether oxygens (including phenoxy) is 1. The normalized spacial score (nSPS) is 19.7. The molecule has 4 rings (SSSR count). The first kappa shape index (κ1) is 17.3. The molecule has 10 heteroatoms. The maximum absolute atomic E-state index is 12.7. The molecular weight excluding hydrogens is 396 g/mol. The van der Waals surface area contributed by atoms with E-state index >= 15 is 0 Å². The molecule has 2 saturated heterocycles. The van der Waals surface area contributed by atoms with Gasteiger partial charge in [0.15, 0.2) is 10.1 Å². The number of nitrogens with one attached hydrogen (secondary N) is 1. The Labute approximate surface area is 163 Å². The van der Waals surface area contributed by atoms with Gasteiger partial charge in [0.2, 0.25) is 0 Å². The van der Waals surface area contributed by atoms with Crippen LogP contribution < -0.4 is 10.2 Å². The van der Waals surface area contributed by atoms with Crippen LogP contribution in [0.25, 0.3) is 0 Å². The minimum atomic E-state index is -0.406. The zero-order valence-corrected chi connectivity index (χ0v) is 15.7. The van der Waals surface area contributed by atoms with Crippen LogP contribution in [0.3, 0.4) is 0 Å². The Hall–Kier alpha value is -2.07. The number of carbonyl (C=O) groups is 2. The van der Waals surface area contributed by atoms with Crippen molar-refractivity contribution in [1.29, 1.82) is 0 Å². The standard InChI is InChI=1S/C16H13ClN4O3S2/c17-10-7-9(19-13(22)14-18-3-6-26-14)1-2-11(10)21-15(23)12-8-24-5-4-20(12)16(21)25/h1-3,6-7,12H,4-5,8H2,(H,19,22). The van der Waals surface area contributed by atoms with Crippen molar-refractivity contribution in [2.75, 3.05) is 30.0 Å². The average molecular weight is 409 g/mol. The first-order valence-electron chi connectivity index (χ1n) is 7.79. The van der Waals surface area contributed by atoms with Crippen molar-refractivity contribution < 1.29 is 14.3 Å². The van der Waals surface area contributed by atoms with E-state index in [1.54, 1.807) is 29.8 Å². The molecule has 2 aliphatic rings. The minimum Gasteiger partial charge on any atom is -0.377 e. The molecule has 1 unspecified atom stereocenters. The molecule has 2 aromatic rings. The minimum absolute atomic E-state index is 0.156. The number of amides is 2. The number of halogens is 1. The first-order valence-corrected chi connectivity index (χ1v) is 9.45. The molecule has 1 N–H and O–H groups in total. The number of aromatic nitrogens is 1. The van der Waals surface area contributed by atoms with Gasteiger partial charge in [-0.2, -0.15) is 0 Å². The number of morpholine rings is 1. The van der Waals surface area contributed by atoms with Crippen LogP contribution in [0.4, 0.5) is 11.4 Å². The monoisotopic (exact) mass is 408 g/mol. The molecule has 0 spiro atoms. The summed E-state index contributed by atoms with van der Waals surface area (Å²) in [6.07, 6.45) is 1.56. The molecule has 0 radical (unpaired) electrons. The zero-order valence-electron chi connectivity index (χ0n) is 13.3. The third kappa shape index (κ3) is 2.96. The quantitative estimate of drug-likeness (QED) is 0.786. The van der Waals surface area contributed by atoms with Gasteiger partial charge in [0.25, 0.3) is 11.8 Å². The highest BCUT2D eigenvalue weighted by atomic mass is 35.5. The maximum Gasteiger partial charge on any atom is 0.284 e. The van der Waals surface area contributed by atoms with Crippen LogP contribution in [-0.2, 0) is 9.53 Å². The van der Waals surface area contributed by atoms with E-state index in [1.807, 2.05) is 4.90 Å². The van der Waals surface area contributed by atoms with Crippen molar-refractivity contribution in [3.05, 3.63) is 39.8 Å². The van der Waals surface area contributed by atoms with Crippen molar-refractivity contribution in [1.82, 2.24) is 9.88 Å². The third-order valence-corrected chi connectivity index (χ3v) is 5.64. The third-order valence-electron chi connectivity index (χ3n) is 4.14. The summed E-state index contributed by atoms with van der Waals surface area (Å²) in [6, 6.07) is 4.53. The highest BCUT2D eigenvalue weighted by molar-refractivity contribution is 7.80. The smallest absolute Gasteiger partial charge is 0.284 e. The molecular formula is C16H13ClN4O3S2. The fraction of sp³-hybridized carbons (Fsp3) is 0.250. The van der Waals surface area contributed by atoms with Crippen molar-refractivity contribution in [3.63, 3.8) is 0 Å². The van der Waals surface area contributed by atoms with Crippen molar-refractivity contribution >= 4 is 63.5 Å². The molecule has 1 aromatic heterocycles. The Balaban J connectivity index is 1.57. The van der Waals surface area contributed by atoms with Gasteiger partial charge in [0, 0.05) is 23.8 Å². The summed E-state index contributed by atoms with van der Waals surface area (Å²) in [4.78, 5) is 32.0. The molecule has 2 aliphatic heterocycles. The van der Waals surface area contributed by atoms with Crippen LogP contribution in [0, 0.1) is 0 Å². The van der Waals surface area contributed by atoms with Gasteiger partial charge in [-0.25, -0.2) is 4.98 Å². The van der Waals surface area contributed by atoms with Crippen molar-refractivity contribution in [2.24, 2.45) is 0 Å². The van der Waals surface area contributed by atoms with Gasteiger partial charge in [0.05, 0.1) is 23.9 Å². The second-order valence-electron chi connectivity index (χ2n) is 5.70. The summed E-state index contributed by atoms with van der Waals surface area (Å²) in [5.41, 5.74) is 1.00. The van der Waals surface area contributed by atoms with Gasteiger partial charge >= 0.3 is 0 Å². The topological polar surface area (TPSA) is 74.8 Å². The number of thiocarbonyl (C=S) groups is 1. The van der Waals surface area contributed by atoms with Crippen LogP contribution in [0.15, 0.2) is 29.8 Å². The number of hydrogen-bond donors (Lipinski definition) is 1. The SMILES string of the molecule is O=C(Nc1ccc(N2C(=O)C3COCCN3C2=S)c(Cl)c1)c1nccs1. The molecule has 134 valence electrons.